The van der Waals surface area contributed by atoms with Gasteiger partial charge in [-0.25, -0.2) is 29.1 Å². The first-order valence-corrected chi connectivity index (χ1v) is 20.2. The molecule has 0 spiro atoms. The molecular weight excluding hydrogens is 859 g/mol. The van der Waals surface area contributed by atoms with Crippen LogP contribution in [-0.4, -0.2) is 122 Å². The Kier molecular flexibility index (Phi) is 15.8. The van der Waals surface area contributed by atoms with Gasteiger partial charge in [0.1, 0.15) is 46.0 Å². The number of hydrogen-bond donors (Lipinski definition) is 3. The second-order valence-electron chi connectivity index (χ2n) is 16.4. The number of aliphatic hydroxyl groups excluding tert-OH is 1. The van der Waals surface area contributed by atoms with E-state index in [1.807, 2.05) is 6.07 Å². The van der Waals surface area contributed by atoms with E-state index in [0.717, 1.165) is 21.1 Å². The molecule has 2 fully saturated rings. The van der Waals surface area contributed by atoms with Gasteiger partial charge < -0.3 is 39.0 Å². The number of pyridine rings is 2. The zero-order chi connectivity index (χ0) is 45.7. The highest BCUT2D eigenvalue weighted by atomic mass is 35.5. The number of carboxylic acids is 2. The molecule has 2 aromatic heterocycles. The molecule has 0 unspecified atom stereocenters. The van der Waals surface area contributed by atoms with Crippen LogP contribution < -0.4 is 14.2 Å². The summed E-state index contributed by atoms with van der Waals surface area (Å²) in [5, 5.41) is 33.1. The average molecular weight is 910 g/mol. The van der Waals surface area contributed by atoms with Crippen LogP contribution in [0.1, 0.15) is 55.4 Å². The number of amides is 2. The number of methoxy groups -OCH3 is 2. The normalized spacial score (nSPS) is 21.1. The number of carbonyl (C=O) groups excluding carboxylic acids is 2. The zero-order valence-electron chi connectivity index (χ0n) is 35.4. The van der Waals surface area contributed by atoms with Crippen molar-refractivity contribution in [3.8, 4) is 17.4 Å². The predicted molar refractivity (Wildman–Crippen MR) is 229 cm³/mol. The first-order chi connectivity index (χ1) is 28.4. The van der Waals surface area contributed by atoms with E-state index in [0.29, 0.717) is 38.0 Å². The van der Waals surface area contributed by atoms with Gasteiger partial charge in [-0.05, 0) is 77.9 Å². The van der Waals surface area contributed by atoms with Crippen LogP contribution in [0.4, 0.5) is 9.59 Å². The number of carbonyl (C=O) groups is 4. The van der Waals surface area contributed by atoms with Crippen molar-refractivity contribution in [2.45, 2.75) is 90.9 Å². The molecule has 4 aromatic rings. The number of aromatic nitrogens is 2. The molecule has 0 radical (unpaired) electrons. The highest BCUT2D eigenvalue weighted by Crippen LogP contribution is 2.37. The van der Waals surface area contributed by atoms with Crippen LogP contribution in [-0.2, 0) is 19.1 Å². The number of rotatable bonds is 6. The van der Waals surface area contributed by atoms with E-state index < -0.39 is 71.5 Å². The number of benzene rings is 2. The fourth-order valence-electron chi connectivity index (χ4n) is 6.70. The monoisotopic (exact) mass is 908 g/mol. The molecule has 16 nitrogen and oxygen atoms in total. The van der Waals surface area contributed by atoms with Crippen molar-refractivity contribution < 1.29 is 58.2 Å². The van der Waals surface area contributed by atoms with Gasteiger partial charge in [-0.2, -0.15) is 0 Å². The molecule has 19 heteroatoms. The number of aliphatic hydroxyl groups is 1. The Bertz CT molecular complexity index is 2250. The van der Waals surface area contributed by atoms with Gasteiger partial charge in [0.05, 0.1) is 45.8 Å². The summed E-state index contributed by atoms with van der Waals surface area (Å²) in [6.07, 6.45) is 0.312. The van der Waals surface area contributed by atoms with Gasteiger partial charge in [0, 0.05) is 43.4 Å². The van der Waals surface area contributed by atoms with Crippen LogP contribution >= 0.6 is 34.8 Å². The molecule has 2 amide bonds. The standard InChI is InChI=1S/C21H25ClN2O6.C11H19NO5.C10H7Cl2NO/c1-11-16(10-24(17(11)19(25)26)20(27)30-21(2,3)4)29-18-14-8-12(22)6-7-13(14)15(28-5)9-23-18;1-6-7(13)5-12(8(6)9(14)15)10(16)17-11(2,3)4;1-14-9-5-13-10(12)8-4-6(11)2-3-7(8)9/h6-9,11,16-17H,10H2,1-5H3,(H,25,26);6-8,13H,5H2,1-4H3,(H,14,15);2-5H,1H3/t11-,16+,17+;6-,7+,8+;/m11./s1. The third-order valence-corrected chi connectivity index (χ3v) is 10.4. The second-order valence-corrected chi connectivity index (χ2v) is 17.6. The molecule has 6 atom stereocenters. The van der Waals surface area contributed by atoms with Crippen LogP contribution in [0.25, 0.3) is 21.5 Å². The second kappa shape index (κ2) is 19.8. The largest absolute Gasteiger partial charge is 0.494 e. The van der Waals surface area contributed by atoms with E-state index in [9.17, 15) is 29.4 Å². The van der Waals surface area contributed by atoms with Crippen molar-refractivity contribution in [2.24, 2.45) is 11.8 Å². The van der Waals surface area contributed by atoms with Gasteiger partial charge in [0.25, 0.3) is 0 Å². The summed E-state index contributed by atoms with van der Waals surface area (Å²) in [6.45, 7) is 13.7. The summed E-state index contributed by atoms with van der Waals surface area (Å²) in [7, 11) is 3.14. The summed E-state index contributed by atoms with van der Waals surface area (Å²) in [5.41, 5.74) is -1.43. The van der Waals surface area contributed by atoms with Crippen molar-refractivity contribution in [2.75, 3.05) is 27.3 Å². The maximum absolute atomic E-state index is 12.6. The van der Waals surface area contributed by atoms with Crippen molar-refractivity contribution in [3.05, 3.63) is 64.0 Å². The summed E-state index contributed by atoms with van der Waals surface area (Å²) in [5.74, 6) is -1.68. The number of β-amino-alcohol motifs (C(OH)–C–C–N with tert-alkyl or cyclic N) is 1. The Morgan fingerprint density at radius 3 is 1.59 bits per heavy atom. The maximum atomic E-state index is 12.6. The number of carboxylic acid groups (broad SMARTS) is 2. The highest BCUT2D eigenvalue weighted by Gasteiger charge is 2.49. The van der Waals surface area contributed by atoms with Gasteiger partial charge in [0.2, 0.25) is 5.88 Å². The highest BCUT2D eigenvalue weighted by molar-refractivity contribution is 6.36. The summed E-state index contributed by atoms with van der Waals surface area (Å²) >= 11 is 17.9. The number of aliphatic carboxylic acids is 2. The molecule has 0 saturated carbocycles. The van der Waals surface area contributed by atoms with Crippen molar-refractivity contribution in [1.82, 2.24) is 19.8 Å². The Hall–Kier alpha value is -5.03. The molecule has 61 heavy (non-hydrogen) atoms. The quantitative estimate of drug-likeness (QED) is 0.156. The minimum atomic E-state index is -1.13. The fraction of sp³-hybridized carbons (Fsp3) is 0.476. The number of likely N-dealkylation sites (tertiary alicyclic amines) is 2. The summed E-state index contributed by atoms with van der Waals surface area (Å²) in [6, 6.07) is 8.58. The minimum absolute atomic E-state index is 0.00690. The van der Waals surface area contributed by atoms with Crippen molar-refractivity contribution >= 4 is 80.5 Å². The SMILES string of the molecule is COc1cnc(Cl)c2cc(Cl)ccc12.COc1cnc(O[C@H]2CN(C(=O)OC(C)(C)C)[C@H](C(=O)O)[C@@H]2C)c2cc(Cl)ccc12.C[C@H]1[C@@H](C(=O)O)N(C(=O)OC(C)(C)C)C[C@@H]1O. The van der Waals surface area contributed by atoms with Crippen LogP contribution in [0.5, 0.6) is 17.4 Å². The molecule has 2 saturated heterocycles. The number of nitrogens with zero attached hydrogens (tertiary/aromatic N) is 4. The van der Waals surface area contributed by atoms with E-state index >= 15 is 0 Å². The Labute approximate surface area is 368 Å². The van der Waals surface area contributed by atoms with Crippen LogP contribution in [0.3, 0.4) is 0 Å². The Morgan fingerprint density at radius 2 is 1.11 bits per heavy atom. The number of hydrogen-bond acceptors (Lipinski definition) is 12. The van der Waals surface area contributed by atoms with E-state index in [1.165, 1.54) is 11.1 Å². The van der Waals surface area contributed by atoms with Crippen LogP contribution in [0.2, 0.25) is 15.2 Å². The summed E-state index contributed by atoms with van der Waals surface area (Å²) in [4.78, 5) is 57.9. The third-order valence-electron chi connectivity index (χ3n) is 9.63. The average Bonchev–Trinajstić information content (AvgIpc) is 3.66. The maximum Gasteiger partial charge on any atom is 0.411 e. The van der Waals surface area contributed by atoms with Gasteiger partial charge in [-0.15, -0.1) is 0 Å². The van der Waals surface area contributed by atoms with Gasteiger partial charge >= 0.3 is 24.1 Å². The Morgan fingerprint density at radius 1 is 0.672 bits per heavy atom. The lowest BCUT2D eigenvalue weighted by molar-refractivity contribution is -0.144. The molecule has 0 bridgehead atoms. The van der Waals surface area contributed by atoms with Crippen LogP contribution in [0, 0.1) is 11.8 Å². The topological polar surface area (TPSA) is 207 Å². The third kappa shape index (κ3) is 12.1. The molecule has 332 valence electrons. The number of fused-ring (bicyclic) bond motifs is 2. The first-order valence-electron chi connectivity index (χ1n) is 19.1. The molecule has 0 aliphatic carbocycles. The molecule has 2 aliphatic rings. The van der Waals surface area contributed by atoms with Crippen molar-refractivity contribution in [3.63, 3.8) is 0 Å². The van der Waals surface area contributed by atoms with Crippen LogP contribution in [0.15, 0.2) is 48.8 Å². The molecule has 3 N–H and O–H groups in total. The number of halogens is 3. The van der Waals surface area contributed by atoms with E-state index in [4.69, 9.17) is 63.6 Å². The number of ether oxygens (including phenoxy) is 5. The molecule has 2 aliphatic heterocycles. The minimum Gasteiger partial charge on any atom is -0.494 e. The van der Waals surface area contributed by atoms with Gasteiger partial charge in [-0.3, -0.25) is 9.80 Å². The lowest BCUT2D eigenvalue weighted by Crippen LogP contribution is -2.45. The molecular formula is C42H51Cl3N4O12. The smallest absolute Gasteiger partial charge is 0.411 e. The van der Waals surface area contributed by atoms with E-state index in [1.54, 1.807) is 106 Å². The fourth-order valence-corrected chi connectivity index (χ4v) is 7.25. The molecule has 6 rings (SSSR count). The lowest BCUT2D eigenvalue weighted by Gasteiger charge is -2.27. The zero-order valence-corrected chi connectivity index (χ0v) is 37.7. The van der Waals surface area contributed by atoms with Gasteiger partial charge in [0.15, 0.2) is 0 Å². The summed E-state index contributed by atoms with van der Waals surface area (Å²) < 4.78 is 27.1. The van der Waals surface area contributed by atoms with E-state index in [-0.39, 0.29) is 13.1 Å². The first kappa shape index (κ1) is 48.6. The molecule has 4 heterocycles. The lowest BCUT2D eigenvalue weighted by atomic mass is 10.0. The van der Waals surface area contributed by atoms with E-state index in [2.05, 4.69) is 9.97 Å². The van der Waals surface area contributed by atoms with Crippen molar-refractivity contribution in [1.29, 1.82) is 0 Å². The van der Waals surface area contributed by atoms with Gasteiger partial charge in [-0.1, -0.05) is 48.7 Å². The Balaban J connectivity index is 0.000000222. The molecule has 2 aromatic carbocycles. The predicted octanol–water partition coefficient (Wildman–Crippen LogP) is 8.22.